The molecular formula is C30H33Br2N3O5. The Morgan fingerprint density at radius 2 is 1.77 bits per heavy atom. The number of ether oxygens (including phenoxy) is 3. The van der Waals surface area contributed by atoms with E-state index in [0.29, 0.717) is 44.2 Å². The minimum Gasteiger partial charge on any atom is -0.494 e. The van der Waals surface area contributed by atoms with Crippen molar-refractivity contribution in [2.75, 3.05) is 33.5 Å². The molecule has 2 atom stereocenters. The van der Waals surface area contributed by atoms with E-state index in [9.17, 15) is 4.79 Å². The van der Waals surface area contributed by atoms with E-state index in [2.05, 4.69) is 42.7 Å². The van der Waals surface area contributed by atoms with E-state index in [1.54, 1.807) is 7.11 Å². The fourth-order valence-corrected chi connectivity index (χ4v) is 5.17. The summed E-state index contributed by atoms with van der Waals surface area (Å²) < 4.78 is 19.1. The van der Waals surface area contributed by atoms with E-state index < -0.39 is 11.6 Å². The first-order chi connectivity index (χ1) is 19.5. The zero-order chi connectivity index (χ0) is 28.4. The summed E-state index contributed by atoms with van der Waals surface area (Å²) in [6.07, 6.45) is 0.896. The number of aliphatic hydroxyl groups excluding tert-OH is 1. The van der Waals surface area contributed by atoms with Crippen LogP contribution in [0.5, 0.6) is 5.75 Å². The Labute approximate surface area is 251 Å². The van der Waals surface area contributed by atoms with Crippen LogP contribution >= 0.6 is 31.9 Å². The lowest BCUT2D eigenvalue weighted by molar-refractivity contribution is -0.130. The Kier molecular flexibility index (Phi) is 11.1. The summed E-state index contributed by atoms with van der Waals surface area (Å²) in [6.45, 7) is 1.62. The molecule has 212 valence electrons. The van der Waals surface area contributed by atoms with Crippen LogP contribution in [0, 0.1) is 0 Å². The van der Waals surface area contributed by atoms with Crippen LogP contribution < -0.4 is 15.6 Å². The topological polar surface area (TPSA) is 101 Å². The highest BCUT2D eigenvalue weighted by Crippen LogP contribution is 2.44. The second-order valence-corrected chi connectivity index (χ2v) is 11.1. The number of nitrogens with one attached hydrogen (secondary N) is 2. The first-order valence-corrected chi connectivity index (χ1v) is 14.7. The SMILES string of the molecule is COCCCNNC(=O)[C@@]1(Cc2ccc(Br)cc2)N=C(c2ccc(OCCCO)cc2)O[C@H]1c1ccccc1Br. The van der Waals surface area contributed by atoms with Gasteiger partial charge in [0.25, 0.3) is 5.91 Å². The van der Waals surface area contributed by atoms with E-state index in [0.717, 1.165) is 32.1 Å². The summed E-state index contributed by atoms with van der Waals surface area (Å²) in [4.78, 5) is 19.1. The number of halogens is 2. The number of rotatable bonds is 14. The van der Waals surface area contributed by atoms with E-state index >= 15 is 0 Å². The molecule has 0 aromatic heterocycles. The van der Waals surface area contributed by atoms with Crippen LogP contribution in [0.15, 0.2) is 86.7 Å². The van der Waals surface area contributed by atoms with Gasteiger partial charge in [-0.05, 0) is 54.4 Å². The first kappa shape index (κ1) is 30.2. The molecule has 8 nitrogen and oxygen atoms in total. The standard InChI is InChI=1S/C30H33Br2N3O5/c1-38-18-4-16-33-35-29(37)30(20-21-8-12-23(31)13-9-21)27(25-6-2-3-7-26(25)32)40-28(34-30)22-10-14-24(15-11-22)39-19-5-17-36/h2-3,6-15,27,33,36H,4-5,16-20H2,1H3,(H,35,37)/t27-,30-/m0/s1. The van der Waals surface area contributed by atoms with Crippen LogP contribution in [-0.2, 0) is 20.7 Å². The summed E-state index contributed by atoms with van der Waals surface area (Å²) in [6, 6.07) is 23.0. The Morgan fingerprint density at radius 3 is 2.48 bits per heavy atom. The van der Waals surface area contributed by atoms with Crippen molar-refractivity contribution in [1.29, 1.82) is 0 Å². The normalized spacial score (nSPS) is 18.2. The zero-order valence-corrected chi connectivity index (χ0v) is 25.4. The van der Waals surface area contributed by atoms with Crippen molar-refractivity contribution in [2.45, 2.75) is 30.9 Å². The molecule has 0 radical (unpaired) electrons. The Balaban J connectivity index is 1.73. The largest absolute Gasteiger partial charge is 0.494 e. The van der Waals surface area contributed by atoms with Crippen molar-refractivity contribution in [3.8, 4) is 5.75 Å². The number of hydrogen-bond donors (Lipinski definition) is 3. The second-order valence-electron chi connectivity index (χ2n) is 9.34. The fraction of sp³-hybridized carbons (Fsp3) is 0.333. The molecular weight excluding hydrogens is 642 g/mol. The van der Waals surface area contributed by atoms with Crippen LogP contribution in [-0.4, -0.2) is 55.9 Å². The van der Waals surface area contributed by atoms with E-state index in [1.807, 2.05) is 72.8 Å². The van der Waals surface area contributed by atoms with Crippen molar-refractivity contribution in [1.82, 2.24) is 10.9 Å². The Bertz CT molecular complexity index is 1290. The molecule has 1 aliphatic rings. The number of carbonyl (C=O) groups excluding carboxylic acids is 1. The highest BCUT2D eigenvalue weighted by molar-refractivity contribution is 9.10. The van der Waals surface area contributed by atoms with Gasteiger partial charge in [0.15, 0.2) is 11.6 Å². The van der Waals surface area contributed by atoms with Crippen LogP contribution in [0.2, 0.25) is 0 Å². The van der Waals surface area contributed by atoms with Crippen LogP contribution in [0.4, 0.5) is 0 Å². The van der Waals surface area contributed by atoms with Crippen LogP contribution in [0.25, 0.3) is 0 Å². The van der Waals surface area contributed by atoms with Gasteiger partial charge in [-0.1, -0.05) is 62.2 Å². The number of benzene rings is 3. The maximum atomic E-state index is 14.1. The van der Waals surface area contributed by atoms with Gasteiger partial charge in [0.05, 0.1) is 6.61 Å². The first-order valence-electron chi connectivity index (χ1n) is 13.1. The molecule has 1 aliphatic heterocycles. The van der Waals surface area contributed by atoms with Gasteiger partial charge in [0.2, 0.25) is 5.90 Å². The molecule has 0 spiro atoms. The average Bonchev–Trinajstić information content (AvgIpc) is 3.35. The third-order valence-electron chi connectivity index (χ3n) is 6.46. The minimum atomic E-state index is -1.31. The summed E-state index contributed by atoms with van der Waals surface area (Å²) in [7, 11) is 1.65. The van der Waals surface area contributed by atoms with Gasteiger partial charge in [0, 0.05) is 59.8 Å². The highest BCUT2D eigenvalue weighted by atomic mass is 79.9. The lowest BCUT2D eigenvalue weighted by Crippen LogP contribution is -2.54. The summed E-state index contributed by atoms with van der Waals surface area (Å²) in [5.41, 5.74) is 7.10. The van der Waals surface area contributed by atoms with Crippen molar-refractivity contribution in [3.05, 3.63) is 98.4 Å². The lowest BCUT2D eigenvalue weighted by Gasteiger charge is -2.31. The smallest absolute Gasteiger partial charge is 0.266 e. The van der Waals surface area contributed by atoms with Crippen molar-refractivity contribution in [2.24, 2.45) is 4.99 Å². The zero-order valence-electron chi connectivity index (χ0n) is 22.2. The molecule has 0 aliphatic carbocycles. The predicted molar refractivity (Wildman–Crippen MR) is 161 cm³/mol. The average molecular weight is 675 g/mol. The monoisotopic (exact) mass is 673 g/mol. The van der Waals surface area contributed by atoms with Gasteiger partial charge < -0.3 is 19.3 Å². The fourth-order valence-electron chi connectivity index (χ4n) is 4.42. The molecule has 40 heavy (non-hydrogen) atoms. The van der Waals surface area contributed by atoms with Crippen LogP contribution in [0.1, 0.15) is 35.6 Å². The summed E-state index contributed by atoms with van der Waals surface area (Å²) in [5.74, 6) is 0.749. The molecule has 3 aromatic carbocycles. The molecule has 1 amide bonds. The third-order valence-corrected chi connectivity index (χ3v) is 7.71. The van der Waals surface area contributed by atoms with Crippen molar-refractivity contribution >= 4 is 43.7 Å². The molecule has 3 aromatic rings. The van der Waals surface area contributed by atoms with Crippen LogP contribution in [0.3, 0.4) is 0 Å². The van der Waals surface area contributed by atoms with E-state index in [1.165, 1.54) is 0 Å². The molecule has 0 unspecified atom stereocenters. The molecule has 0 fully saturated rings. The Morgan fingerprint density at radius 1 is 1.02 bits per heavy atom. The number of hydrogen-bond acceptors (Lipinski definition) is 7. The molecule has 4 rings (SSSR count). The molecule has 10 heteroatoms. The van der Waals surface area contributed by atoms with Gasteiger partial charge in [-0.3, -0.25) is 10.2 Å². The summed E-state index contributed by atoms with van der Waals surface area (Å²) in [5, 5.41) is 9.01. The number of methoxy groups -OCH3 is 1. The third kappa shape index (κ3) is 7.50. The molecule has 3 N–H and O–H groups in total. The summed E-state index contributed by atoms with van der Waals surface area (Å²) >= 11 is 7.16. The maximum Gasteiger partial charge on any atom is 0.266 e. The van der Waals surface area contributed by atoms with Crippen molar-refractivity contribution < 1.29 is 24.1 Å². The number of amides is 1. The predicted octanol–water partition coefficient (Wildman–Crippen LogP) is 5.13. The molecule has 1 heterocycles. The number of aliphatic hydroxyl groups is 1. The van der Waals surface area contributed by atoms with E-state index in [4.69, 9.17) is 24.3 Å². The number of carbonyl (C=O) groups is 1. The second kappa shape index (κ2) is 14.7. The number of hydrazine groups is 1. The highest BCUT2D eigenvalue weighted by Gasteiger charge is 2.53. The quantitative estimate of drug-likeness (QED) is 0.162. The molecule has 0 saturated carbocycles. The molecule has 0 bridgehead atoms. The van der Waals surface area contributed by atoms with Gasteiger partial charge in [-0.15, -0.1) is 0 Å². The lowest BCUT2D eigenvalue weighted by atomic mass is 9.82. The molecule has 0 saturated heterocycles. The minimum absolute atomic E-state index is 0.0723. The van der Waals surface area contributed by atoms with E-state index in [-0.39, 0.29) is 12.5 Å². The maximum absolute atomic E-state index is 14.1. The van der Waals surface area contributed by atoms with Gasteiger partial charge in [-0.2, -0.15) is 0 Å². The van der Waals surface area contributed by atoms with Crippen molar-refractivity contribution in [3.63, 3.8) is 0 Å². The number of aliphatic imine (C=N–C) groups is 1. The van der Waals surface area contributed by atoms with Gasteiger partial charge in [0.1, 0.15) is 5.75 Å². The Hall–Kier alpha value is -2.76. The number of nitrogens with zero attached hydrogens (tertiary/aromatic N) is 1. The van der Waals surface area contributed by atoms with Gasteiger partial charge >= 0.3 is 0 Å². The van der Waals surface area contributed by atoms with Gasteiger partial charge in [-0.25, -0.2) is 10.4 Å².